The number of hydrogen-bond donors (Lipinski definition) is 2. The number of carbonyl (C=O) groups is 1. The lowest BCUT2D eigenvalue weighted by atomic mass is 10.1. The van der Waals surface area contributed by atoms with Crippen LogP contribution in [-0.4, -0.2) is 22.8 Å². The maximum Gasteiger partial charge on any atom is 0.328 e. The molecule has 0 atom stereocenters. The Hall–Kier alpha value is -0.830. The Kier molecular flexibility index (Phi) is 4.58. The molecule has 3 heteroatoms. The van der Waals surface area contributed by atoms with Crippen molar-refractivity contribution in [3.05, 3.63) is 11.6 Å². The summed E-state index contributed by atoms with van der Waals surface area (Å²) in [6, 6.07) is 0. The van der Waals surface area contributed by atoms with Crippen LogP contribution in [0.5, 0.6) is 0 Å². The summed E-state index contributed by atoms with van der Waals surface area (Å²) < 4.78 is 0. The van der Waals surface area contributed by atoms with E-state index < -0.39 is 5.97 Å². The SMILES string of the molecule is CCCC(=CC(=O)O)CO. The summed E-state index contributed by atoms with van der Waals surface area (Å²) in [4.78, 5) is 10.1. The Morgan fingerprint density at radius 2 is 2.20 bits per heavy atom. The van der Waals surface area contributed by atoms with E-state index in [1.165, 1.54) is 0 Å². The van der Waals surface area contributed by atoms with Crippen molar-refractivity contribution in [2.75, 3.05) is 6.61 Å². The fourth-order valence-electron chi connectivity index (χ4n) is 0.693. The van der Waals surface area contributed by atoms with Crippen molar-refractivity contribution >= 4 is 5.97 Å². The first-order chi connectivity index (χ1) is 4.70. The van der Waals surface area contributed by atoms with E-state index in [1.807, 2.05) is 6.92 Å². The summed E-state index contributed by atoms with van der Waals surface area (Å²) in [7, 11) is 0. The second-order valence-electron chi connectivity index (χ2n) is 2.05. The van der Waals surface area contributed by atoms with Gasteiger partial charge in [-0.1, -0.05) is 13.3 Å². The highest BCUT2D eigenvalue weighted by Gasteiger charge is 1.96. The van der Waals surface area contributed by atoms with Gasteiger partial charge in [0.2, 0.25) is 0 Å². The molecule has 0 aromatic carbocycles. The fraction of sp³-hybridized carbons (Fsp3) is 0.571. The third-order valence-corrected chi connectivity index (χ3v) is 1.10. The summed E-state index contributed by atoms with van der Waals surface area (Å²) in [5.74, 6) is -0.988. The van der Waals surface area contributed by atoms with Gasteiger partial charge in [0, 0.05) is 6.08 Å². The molecule has 0 aliphatic carbocycles. The van der Waals surface area contributed by atoms with Crippen molar-refractivity contribution < 1.29 is 15.0 Å². The van der Waals surface area contributed by atoms with E-state index >= 15 is 0 Å². The predicted molar refractivity (Wildman–Crippen MR) is 37.7 cm³/mol. The third kappa shape index (κ3) is 4.09. The first-order valence-electron chi connectivity index (χ1n) is 3.24. The second kappa shape index (κ2) is 4.99. The quantitative estimate of drug-likeness (QED) is 0.573. The average molecular weight is 144 g/mol. The van der Waals surface area contributed by atoms with Crippen LogP contribution in [-0.2, 0) is 4.79 Å². The zero-order valence-electron chi connectivity index (χ0n) is 6.00. The maximum atomic E-state index is 10.1. The number of hydrogen-bond acceptors (Lipinski definition) is 2. The molecule has 0 unspecified atom stereocenters. The van der Waals surface area contributed by atoms with Crippen LogP contribution in [0.3, 0.4) is 0 Å². The van der Waals surface area contributed by atoms with Crippen molar-refractivity contribution in [3.8, 4) is 0 Å². The van der Waals surface area contributed by atoms with E-state index in [-0.39, 0.29) is 6.61 Å². The lowest BCUT2D eigenvalue weighted by molar-refractivity contribution is -0.131. The first kappa shape index (κ1) is 9.17. The van der Waals surface area contributed by atoms with E-state index in [2.05, 4.69) is 0 Å². The Bertz CT molecular complexity index is 138. The number of aliphatic carboxylic acids is 1. The third-order valence-electron chi connectivity index (χ3n) is 1.10. The molecule has 2 N–H and O–H groups in total. The van der Waals surface area contributed by atoms with Gasteiger partial charge < -0.3 is 10.2 Å². The van der Waals surface area contributed by atoms with Crippen LogP contribution in [0.2, 0.25) is 0 Å². The van der Waals surface area contributed by atoms with Gasteiger partial charge in [-0.05, 0) is 12.0 Å². The molecule has 0 fully saturated rings. The van der Waals surface area contributed by atoms with Gasteiger partial charge >= 0.3 is 5.97 Å². The summed E-state index contributed by atoms with van der Waals surface area (Å²) in [6.07, 6.45) is 2.58. The molecule has 0 aliphatic rings. The summed E-state index contributed by atoms with van der Waals surface area (Å²) in [5, 5.41) is 16.8. The van der Waals surface area contributed by atoms with E-state index in [0.29, 0.717) is 12.0 Å². The molecular formula is C7H12O3. The van der Waals surface area contributed by atoms with Crippen LogP contribution in [0.1, 0.15) is 19.8 Å². The molecule has 10 heavy (non-hydrogen) atoms. The fourth-order valence-corrected chi connectivity index (χ4v) is 0.693. The van der Waals surface area contributed by atoms with Crippen LogP contribution in [0.15, 0.2) is 11.6 Å². The zero-order valence-corrected chi connectivity index (χ0v) is 6.00. The Balaban J connectivity index is 3.91. The molecule has 0 aromatic rings. The molecule has 0 saturated heterocycles. The van der Waals surface area contributed by atoms with Gasteiger partial charge in [0.25, 0.3) is 0 Å². The van der Waals surface area contributed by atoms with E-state index in [4.69, 9.17) is 10.2 Å². The van der Waals surface area contributed by atoms with Gasteiger partial charge in [0.1, 0.15) is 0 Å². The molecule has 0 saturated carbocycles. The first-order valence-corrected chi connectivity index (χ1v) is 3.24. The van der Waals surface area contributed by atoms with Crippen molar-refractivity contribution in [3.63, 3.8) is 0 Å². The number of carboxylic acid groups (broad SMARTS) is 1. The molecule has 0 amide bonds. The lowest BCUT2D eigenvalue weighted by Crippen LogP contribution is -1.96. The van der Waals surface area contributed by atoms with E-state index in [1.54, 1.807) is 0 Å². The number of rotatable bonds is 4. The largest absolute Gasteiger partial charge is 0.478 e. The lowest BCUT2D eigenvalue weighted by Gasteiger charge is -1.97. The minimum absolute atomic E-state index is 0.153. The highest BCUT2D eigenvalue weighted by atomic mass is 16.4. The van der Waals surface area contributed by atoms with Crippen molar-refractivity contribution in [2.24, 2.45) is 0 Å². The molecule has 0 bridgehead atoms. The number of aliphatic hydroxyl groups is 1. The van der Waals surface area contributed by atoms with Crippen LogP contribution in [0.25, 0.3) is 0 Å². The number of aliphatic hydroxyl groups excluding tert-OH is 1. The molecule has 0 radical (unpaired) electrons. The van der Waals surface area contributed by atoms with Gasteiger partial charge in [-0.3, -0.25) is 0 Å². The Labute approximate surface area is 60.0 Å². The van der Waals surface area contributed by atoms with Gasteiger partial charge in [-0.2, -0.15) is 0 Å². The second-order valence-corrected chi connectivity index (χ2v) is 2.05. The standard InChI is InChI=1S/C7H12O3/c1-2-3-6(5-8)4-7(9)10/h4,8H,2-3,5H2,1H3,(H,9,10). The average Bonchev–Trinajstić information content (AvgIpc) is 1.86. The Morgan fingerprint density at radius 3 is 2.50 bits per heavy atom. The predicted octanol–water partition coefficient (Wildman–Crippen LogP) is 0.790. The molecule has 0 heterocycles. The monoisotopic (exact) mass is 144 g/mol. The van der Waals surface area contributed by atoms with Gasteiger partial charge in [-0.25, -0.2) is 4.79 Å². The van der Waals surface area contributed by atoms with Crippen LogP contribution in [0.4, 0.5) is 0 Å². The molecule has 0 spiro atoms. The molecule has 0 rings (SSSR count). The zero-order chi connectivity index (χ0) is 7.98. The van der Waals surface area contributed by atoms with E-state index in [0.717, 1.165) is 12.5 Å². The van der Waals surface area contributed by atoms with Crippen LogP contribution >= 0.6 is 0 Å². The topological polar surface area (TPSA) is 57.5 Å². The summed E-state index contributed by atoms with van der Waals surface area (Å²) in [6.45, 7) is 1.78. The van der Waals surface area contributed by atoms with Crippen LogP contribution in [0, 0.1) is 0 Å². The van der Waals surface area contributed by atoms with Crippen molar-refractivity contribution in [1.82, 2.24) is 0 Å². The Morgan fingerprint density at radius 1 is 1.60 bits per heavy atom. The normalized spacial score (nSPS) is 11.6. The minimum Gasteiger partial charge on any atom is -0.478 e. The number of carboxylic acids is 1. The smallest absolute Gasteiger partial charge is 0.328 e. The molecular weight excluding hydrogens is 132 g/mol. The molecule has 3 nitrogen and oxygen atoms in total. The van der Waals surface area contributed by atoms with Crippen molar-refractivity contribution in [2.45, 2.75) is 19.8 Å². The molecule has 58 valence electrons. The van der Waals surface area contributed by atoms with E-state index in [9.17, 15) is 4.79 Å². The van der Waals surface area contributed by atoms with Crippen LogP contribution < -0.4 is 0 Å². The maximum absolute atomic E-state index is 10.1. The van der Waals surface area contributed by atoms with Gasteiger partial charge in [0.05, 0.1) is 6.61 Å². The molecule has 0 aromatic heterocycles. The summed E-state index contributed by atoms with van der Waals surface area (Å²) in [5.41, 5.74) is 0.579. The van der Waals surface area contributed by atoms with Crippen molar-refractivity contribution in [1.29, 1.82) is 0 Å². The van der Waals surface area contributed by atoms with Gasteiger partial charge in [0.15, 0.2) is 0 Å². The highest BCUT2D eigenvalue weighted by molar-refractivity contribution is 5.80. The summed E-state index contributed by atoms with van der Waals surface area (Å²) >= 11 is 0. The highest BCUT2D eigenvalue weighted by Crippen LogP contribution is 2.02. The molecule has 0 aliphatic heterocycles. The van der Waals surface area contributed by atoms with Gasteiger partial charge in [-0.15, -0.1) is 0 Å². The minimum atomic E-state index is -0.988.